The summed E-state index contributed by atoms with van der Waals surface area (Å²) in [5.74, 6) is -0.791. The number of fused-ring (bicyclic) bond motifs is 2. The first-order valence-corrected chi connectivity index (χ1v) is 16.0. The molecule has 15 heteroatoms. The average molecular weight is 610 g/mol. The van der Waals surface area contributed by atoms with Crippen LogP contribution < -0.4 is 9.47 Å². The number of anilines is 1. The van der Waals surface area contributed by atoms with Crippen molar-refractivity contribution in [2.24, 2.45) is 4.36 Å². The molecule has 2 aromatic carbocycles. The Labute approximate surface area is 226 Å². The molecule has 36 heavy (non-hydrogen) atoms. The fourth-order valence-electron chi connectivity index (χ4n) is 3.52. The van der Waals surface area contributed by atoms with Gasteiger partial charge in [-0.25, -0.2) is 4.21 Å². The Morgan fingerprint density at radius 3 is 2.50 bits per heavy atom. The minimum absolute atomic E-state index is 0.0432. The van der Waals surface area contributed by atoms with Gasteiger partial charge in [0.15, 0.2) is 10.0 Å². The lowest BCUT2D eigenvalue weighted by Gasteiger charge is -2.23. The maximum Gasteiger partial charge on any atom is 0.321 e. The lowest BCUT2D eigenvalue weighted by Crippen LogP contribution is -2.39. The van der Waals surface area contributed by atoms with Gasteiger partial charge in [0.25, 0.3) is 15.1 Å². The number of thioether (sulfide) groups is 1. The number of halogens is 2. The molecule has 3 aromatic rings. The van der Waals surface area contributed by atoms with E-state index < -0.39 is 31.3 Å². The highest BCUT2D eigenvalue weighted by atomic mass is 35.5. The normalized spacial score (nSPS) is 17.3. The van der Waals surface area contributed by atoms with Crippen LogP contribution in [-0.4, -0.2) is 45.7 Å². The van der Waals surface area contributed by atoms with Gasteiger partial charge in [-0.05, 0) is 37.3 Å². The monoisotopic (exact) mass is 608 g/mol. The second kappa shape index (κ2) is 10.2. The van der Waals surface area contributed by atoms with Crippen LogP contribution in [0.2, 0.25) is 10.0 Å². The topological polar surface area (TPSA) is 128 Å². The zero-order valence-electron chi connectivity index (χ0n) is 18.8. The number of aromatic nitrogens is 1. The van der Waals surface area contributed by atoms with Crippen LogP contribution in [0.3, 0.4) is 0 Å². The Morgan fingerprint density at radius 1 is 1.17 bits per heavy atom. The third-order valence-electron chi connectivity index (χ3n) is 5.14. The fraction of sp³-hybridized carbons (Fsp3) is 0.238. The van der Waals surface area contributed by atoms with E-state index in [4.69, 9.17) is 23.2 Å². The molecule has 1 aliphatic rings. The van der Waals surface area contributed by atoms with Gasteiger partial charge in [0.2, 0.25) is 12.1 Å². The van der Waals surface area contributed by atoms with E-state index in [-0.39, 0.29) is 13.1 Å². The smallest absolute Gasteiger partial charge is 0.321 e. The molecule has 9 nitrogen and oxygen atoms in total. The zero-order chi connectivity index (χ0) is 26.4. The van der Waals surface area contributed by atoms with E-state index >= 15 is 0 Å². The van der Waals surface area contributed by atoms with E-state index in [0.29, 0.717) is 31.3 Å². The van der Waals surface area contributed by atoms with E-state index in [9.17, 15) is 26.5 Å². The van der Waals surface area contributed by atoms with Crippen LogP contribution in [0.5, 0.6) is 0 Å². The molecule has 0 saturated heterocycles. The largest absolute Gasteiger partial charge is 0.333 e. The van der Waals surface area contributed by atoms with Crippen LogP contribution in [0.15, 0.2) is 50.7 Å². The van der Waals surface area contributed by atoms with Crippen LogP contribution in [0.1, 0.15) is 11.9 Å². The molecule has 2 heterocycles. The molecule has 2 N–H and O–H groups in total. The van der Waals surface area contributed by atoms with E-state index in [0.717, 1.165) is 15.9 Å². The SMILES string of the molecule is CC(CN1C(=Cc2sc3ccc(Cl)cc3[n+]2CC(=O)N=S(C)(=O)O)Sc2ccc(Cl)cc21)S(=O)(=O)O. The Kier molecular flexibility index (Phi) is 7.75. The Balaban J connectivity index is 1.85. The zero-order valence-corrected chi connectivity index (χ0v) is 23.6. The van der Waals surface area contributed by atoms with Crippen LogP contribution in [0.25, 0.3) is 16.3 Å². The lowest BCUT2D eigenvalue weighted by molar-refractivity contribution is -0.655. The Morgan fingerprint density at radius 2 is 1.83 bits per heavy atom. The molecule has 0 bridgehead atoms. The van der Waals surface area contributed by atoms with E-state index in [1.54, 1.807) is 45.9 Å². The van der Waals surface area contributed by atoms with Crippen molar-refractivity contribution in [1.29, 1.82) is 0 Å². The maximum absolute atomic E-state index is 12.5. The molecule has 0 aliphatic carbocycles. The van der Waals surface area contributed by atoms with Gasteiger partial charge in [-0.3, -0.25) is 9.35 Å². The number of amides is 1. The maximum atomic E-state index is 12.5. The van der Waals surface area contributed by atoms with Gasteiger partial charge in [0.05, 0.1) is 16.8 Å². The second-order valence-corrected chi connectivity index (χ2v) is 14.6. The molecule has 0 saturated carbocycles. The summed E-state index contributed by atoms with van der Waals surface area (Å²) < 4.78 is 60.0. The molecular formula is C21H20Cl2N3O6S4+. The van der Waals surface area contributed by atoms with Crippen LogP contribution >= 0.6 is 46.3 Å². The highest BCUT2D eigenvalue weighted by Gasteiger charge is 2.32. The molecule has 1 amide bonds. The molecule has 0 fully saturated rings. The molecule has 0 spiro atoms. The minimum Gasteiger partial charge on any atom is -0.333 e. The third kappa shape index (κ3) is 6.22. The van der Waals surface area contributed by atoms with Crippen molar-refractivity contribution in [2.45, 2.75) is 23.6 Å². The predicted molar refractivity (Wildman–Crippen MR) is 145 cm³/mol. The molecule has 2 unspecified atom stereocenters. The van der Waals surface area contributed by atoms with Crippen LogP contribution in [0.4, 0.5) is 5.69 Å². The summed E-state index contributed by atoms with van der Waals surface area (Å²) in [5.41, 5.74) is 1.31. The van der Waals surface area contributed by atoms with Crippen molar-refractivity contribution < 1.29 is 31.1 Å². The van der Waals surface area contributed by atoms with Crippen LogP contribution in [-0.2, 0) is 31.5 Å². The van der Waals surface area contributed by atoms with Gasteiger partial charge in [0, 0.05) is 33.8 Å². The highest BCUT2D eigenvalue weighted by molar-refractivity contribution is 8.04. The van der Waals surface area contributed by atoms with Crippen molar-refractivity contribution in [2.75, 3.05) is 17.7 Å². The first-order valence-electron chi connectivity index (χ1n) is 10.2. The number of carbonyl (C=O) groups excluding carboxylic acids is 1. The lowest BCUT2D eigenvalue weighted by atomic mass is 10.2. The quantitative estimate of drug-likeness (QED) is 0.302. The molecule has 192 valence electrons. The van der Waals surface area contributed by atoms with Gasteiger partial charge in [0.1, 0.15) is 9.95 Å². The summed E-state index contributed by atoms with van der Waals surface area (Å²) in [7, 11) is -7.93. The van der Waals surface area contributed by atoms with Crippen molar-refractivity contribution in [1.82, 2.24) is 0 Å². The third-order valence-corrected chi connectivity index (χ3v) is 9.55. The molecule has 0 radical (unpaired) electrons. The number of rotatable bonds is 6. The van der Waals surface area contributed by atoms with Crippen molar-refractivity contribution in [3.63, 3.8) is 0 Å². The first kappa shape index (κ1) is 27.3. The summed E-state index contributed by atoms with van der Waals surface area (Å²) in [6.45, 7) is 1.05. The summed E-state index contributed by atoms with van der Waals surface area (Å²) in [5, 5.41) is 1.05. The minimum atomic E-state index is -4.30. The fourth-order valence-corrected chi connectivity index (χ4v) is 6.87. The van der Waals surface area contributed by atoms with E-state index in [2.05, 4.69) is 4.36 Å². The standard InChI is InChI=1S/C21H19Cl2N3O6S4/c1-12(36(30,31)32)10-25-15-7-13(22)3-5-17(15)33-20(25)9-21-26(11-19(27)24-35(2,28)29)16-8-14(23)4-6-18(16)34-21/h3-9,12H,10-11H2,1-2H3,(H-,24,27,28,29,30,31,32)/p+1. The highest BCUT2D eigenvalue weighted by Crippen LogP contribution is 2.48. The number of benzene rings is 2. The van der Waals surface area contributed by atoms with Gasteiger partial charge in [-0.2, -0.15) is 13.0 Å². The molecule has 2 atom stereocenters. The summed E-state index contributed by atoms with van der Waals surface area (Å²) in [6.07, 6.45) is 2.73. The first-order chi connectivity index (χ1) is 16.7. The molecule has 1 aliphatic heterocycles. The van der Waals surface area contributed by atoms with Crippen molar-refractivity contribution in [3.05, 3.63) is 56.5 Å². The summed E-state index contributed by atoms with van der Waals surface area (Å²) in [4.78, 5) is 15.1. The van der Waals surface area contributed by atoms with E-state index in [1.165, 1.54) is 30.0 Å². The Bertz CT molecular complexity index is 1640. The number of hydrogen-bond donors (Lipinski definition) is 2. The van der Waals surface area contributed by atoms with Gasteiger partial charge >= 0.3 is 5.91 Å². The van der Waals surface area contributed by atoms with Gasteiger partial charge in [-0.1, -0.05) is 46.3 Å². The second-order valence-electron chi connectivity index (χ2n) is 8.02. The van der Waals surface area contributed by atoms with Crippen molar-refractivity contribution in [3.8, 4) is 0 Å². The molecular weight excluding hydrogens is 589 g/mol. The molecule has 1 aromatic heterocycles. The predicted octanol–water partition coefficient (Wildman–Crippen LogP) is 4.78. The average Bonchev–Trinajstić information content (AvgIpc) is 3.24. The Hall–Kier alpha value is -1.71. The van der Waals surface area contributed by atoms with Gasteiger partial charge < -0.3 is 9.45 Å². The van der Waals surface area contributed by atoms with Gasteiger partial charge in [-0.15, -0.1) is 4.36 Å². The van der Waals surface area contributed by atoms with Crippen molar-refractivity contribution >= 4 is 94.3 Å². The molecule has 4 rings (SSSR count). The number of carbonyl (C=O) groups is 1. The summed E-state index contributed by atoms with van der Waals surface area (Å²) >= 11 is 15.1. The number of nitrogens with zero attached hydrogens (tertiary/aromatic N) is 3. The summed E-state index contributed by atoms with van der Waals surface area (Å²) in [6, 6.07) is 10.4. The number of thiazole rings is 1. The van der Waals surface area contributed by atoms with E-state index in [1.807, 2.05) is 6.07 Å². The number of hydrogen-bond acceptors (Lipinski definition) is 7. The van der Waals surface area contributed by atoms with Crippen LogP contribution in [0, 0.1) is 0 Å².